The van der Waals surface area contributed by atoms with Gasteiger partial charge in [0.25, 0.3) is 0 Å². The maximum atomic E-state index is 11.4. The first-order valence-corrected chi connectivity index (χ1v) is 7.04. The van der Waals surface area contributed by atoms with Crippen molar-refractivity contribution in [3.8, 4) is 0 Å². The van der Waals surface area contributed by atoms with Gasteiger partial charge in [-0.05, 0) is 37.7 Å². The average Bonchev–Trinajstić information content (AvgIpc) is 2.83. The maximum absolute atomic E-state index is 11.4. The van der Waals surface area contributed by atoms with Crippen molar-refractivity contribution in [1.29, 1.82) is 0 Å². The molecule has 5 heteroatoms. The van der Waals surface area contributed by atoms with Crippen LogP contribution in [0.1, 0.15) is 30.3 Å². The summed E-state index contributed by atoms with van der Waals surface area (Å²) < 4.78 is 4.96. The molecule has 18 heavy (non-hydrogen) atoms. The smallest absolute Gasteiger partial charge is 0.356 e. The zero-order valence-electron chi connectivity index (χ0n) is 10.7. The van der Waals surface area contributed by atoms with Crippen molar-refractivity contribution in [2.24, 2.45) is 0 Å². The molecule has 1 fully saturated rings. The molecule has 0 aliphatic carbocycles. The second-order valence-corrected chi connectivity index (χ2v) is 6.36. The molecule has 0 amide bonds. The Hall–Kier alpha value is -1.23. The highest BCUT2D eigenvalue weighted by Crippen LogP contribution is 2.37. The average molecular weight is 266 g/mol. The molecule has 0 saturated carbocycles. The second-order valence-electron chi connectivity index (χ2n) is 4.68. The Kier molecular flexibility index (Phi) is 4.11. The van der Waals surface area contributed by atoms with Gasteiger partial charge in [-0.1, -0.05) is 0 Å². The van der Waals surface area contributed by atoms with Crippen LogP contribution < -0.4 is 5.32 Å². The number of esters is 1. The molecule has 1 atom stereocenters. The molecule has 1 saturated heterocycles. The van der Waals surface area contributed by atoms with E-state index in [1.807, 2.05) is 17.8 Å². The van der Waals surface area contributed by atoms with E-state index in [9.17, 15) is 4.79 Å². The van der Waals surface area contributed by atoms with Crippen molar-refractivity contribution in [3.63, 3.8) is 0 Å². The molecule has 1 aliphatic rings. The van der Waals surface area contributed by atoms with E-state index < -0.39 is 5.97 Å². The molecule has 0 aromatic carbocycles. The van der Waals surface area contributed by atoms with Crippen LogP contribution in [-0.2, 0) is 4.74 Å². The predicted octanol–water partition coefficient (Wildman–Crippen LogP) is 2.57. The van der Waals surface area contributed by atoms with Gasteiger partial charge in [-0.15, -0.1) is 0 Å². The number of pyridine rings is 1. The van der Waals surface area contributed by atoms with E-state index >= 15 is 0 Å². The van der Waals surface area contributed by atoms with Crippen LogP contribution in [0, 0.1) is 0 Å². The van der Waals surface area contributed by atoms with Gasteiger partial charge in [-0.2, -0.15) is 11.8 Å². The SMILES string of the molecule is COC(=O)c1cc(NCC2(C)CCCS2)ccn1. The molecule has 1 aliphatic heterocycles. The molecule has 0 bridgehead atoms. The second kappa shape index (κ2) is 5.61. The number of methoxy groups -OCH3 is 1. The number of rotatable bonds is 4. The third-order valence-electron chi connectivity index (χ3n) is 3.12. The van der Waals surface area contributed by atoms with Crippen molar-refractivity contribution in [2.75, 3.05) is 24.7 Å². The van der Waals surface area contributed by atoms with Gasteiger partial charge in [-0.25, -0.2) is 9.78 Å². The summed E-state index contributed by atoms with van der Waals surface area (Å²) in [6.45, 7) is 3.18. The quantitative estimate of drug-likeness (QED) is 0.849. The molecule has 1 aromatic heterocycles. The number of ether oxygens (including phenoxy) is 1. The number of nitrogens with zero attached hydrogens (tertiary/aromatic N) is 1. The van der Waals surface area contributed by atoms with Crippen LogP contribution in [0.2, 0.25) is 0 Å². The fourth-order valence-electron chi connectivity index (χ4n) is 2.02. The monoisotopic (exact) mass is 266 g/mol. The molecule has 0 radical (unpaired) electrons. The molecular weight excluding hydrogens is 248 g/mol. The minimum Gasteiger partial charge on any atom is -0.464 e. The molecule has 1 unspecified atom stereocenters. The van der Waals surface area contributed by atoms with Crippen molar-refractivity contribution in [3.05, 3.63) is 24.0 Å². The number of carbonyl (C=O) groups is 1. The standard InChI is InChI=1S/C13H18N2O2S/c1-13(5-3-7-18-13)9-15-10-4-6-14-11(8-10)12(16)17-2/h4,6,8H,3,5,7,9H2,1-2H3,(H,14,15). The highest BCUT2D eigenvalue weighted by molar-refractivity contribution is 8.00. The molecule has 2 rings (SSSR count). The lowest BCUT2D eigenvalue weighted by Gasteiger charge is -2.23. The van der Waals surface area contributed by atoms with E-state index in [0.29, 0.717) is 10.4 Å². The third-order valence-corrected chi connectivity index (χ3v) is 4.66. The van der Waals surface area contributed by atoms with E-state index in [-0.39, 0.29) is 0 Å². The van der Waals surface area contributed by atoms with Crippen LogP contribution in [0.4, 0.5) is 5.69 Å². The summed E-state index contributed by atoms with van der Waals surface area (Å²) in [5.41, 5.74) is 1.26. The topological polar surface area (TPSA) is 51.2 Å². The van der Waals surface area contributed by atoms with Gasteiger partial charge in [0.1, 0.15) is 5.69 Å². The summed E-state index contributed by atoms with van der Waals surface area (Å²) in [5.74, 6) is 0.835. The molecule has 2 heterocycles. The lowest BCUT2D eigenvalue weighted by atomic mass is 10.1. The zero-order chi connectivity index (χ0) is 13.0. The Morgan fingerprint density at radius 3 is 3.17 bits per heavy atom. The number of hydrogen-bond donors (Lipinski definition) is 1. The fraction of sp³-hybridized carbons (Fsp3) is 0.538. The van der Waals surface area contributed by atoms with Crippen LogP contribution in [-0.4, -0.2) is 35.1 Å². The Morgan fingerprint density at radius 2 is 2.50 bits per heavy atom. The minimum absolute atomic E-state index is 0.300. The summed E-state index contributed by atoms with van der Waals surface area (Å²) in [4.78, 5) is 15.4. The van der Waals surface area contributed by atoms with E-state index in [4.69, 9.17) is 0 Å². The van der Waals surface area contributed by atoms with Gasteiger partial charge in [0.2, 0.25) is 0 Å². The molecule has 4 nitrogen and oxygen atoms in total. The Bertz CT molecular complexity index is 431. The molecule has 1 aromatic rings. The summed E-state index contributed by atoms with van der Waals surface area (Å²) in [7, 11) is 1.36. The largest absolute Gasteiger partial charge is 0.464 e. The van der Waals surface area contributed by atoms with Gasteiger partial charge >= 0.3 is 5.97 Å². The molecule has 0 spiro atoms. The number of carbonyl (C=O) groups excluding carboxylic acids is 1. The zero-order valence-corrected chi connectivity index (χ0v) is 11.5. The van der Waals surface area contributed by atoms with Gasteiger partial charge in [0, 0.05) is 23.2 Å². The molecular formula is C13H18N2O2S. The van der Waals surface area contributed by atoms with Crippen molar-refractivity contribution in [1.82, 2.24) is 4.98 Å². The van der Waals surface area contributed by atoms with Gasteiger partial charge in [0.15, 0.2) is 0 Å². The van der Waals surface area contributed by atoms with Crippen LogP contribution in [0.3, 0.4) is 0 Å². The van der Waals surface area contributed by atoms with Gasteiger partial charge in [-0.3, -0.25) is 0 Å². The first-order chi connectivity index (χ1) is 8.63. The normalized spacial score (nSPS) is 22.8. The molecule has 98 valence electrons. The van der Waals surface area contributed by atoms with Crippen molar-refractivity contribution in [2.45, 2.75) is 24.5 Å². The van der Waals surface area contributed by atoms with Crippen molar-refractivity contribution < 1.29 is 9.53 Å². The fourth-order valence-corrected chi connectivity index (χ4v) is 3.27. The van der Waals surface area contributed by atoms with Gasteiger partial charge < -0.3 is 10.1 Å². The van der Waals surface area contributed by atoms with Crippen LogP contribution >= 0.6 is 11.8 Å². The Labute approximate surface area is 112 Å². The number of hydrogen-bond acceptors (Lipinski definition) is 5. The number of anilines is 1. The Balaban J connectivity index is 1.99. The van der Waals surface area contributed by atoms with Crippen molar-refractivity contribution >= 4 is 23.4 Å². The summed E-state index contributed by atoms with van der Waals surface area (Å²) in [5, 5.41) is 3.38. The van der Waals surface area contributed by atoms with E-state index in [1.54, 1.807) is 12.3 Å². The third kappa shape index (κ3) is 3.16. The molecule has 1 N–H and O–H groups in total. The summed E-state index contributed by atoms with van der Waals surface area (Å²) in [6.07, 6.45) is 4.14. The lowest BCUT2D eigenvalue weighted by molar-refractivity contribution is 0.0594. The highest BCUT2D eigenvalue weighted by Gasteiger charge is 2.29. The van der Waals surface area contributed by atoms with E-state index in [2.05, 4.69) is 22.0 Å². The highest BCUT2D eigenvalue weighted by atomic mass is 32.2. The predicted molar refractivity (Wildman–Crippen MR) is 74.2 cm³/mol. The van der Waals surface area contributed by atoms with Gasteiger partial charge in [0.05, 0.1) is 7.11 Å². The minimum atomic E-state index is -0.403. The number of aromatic nitrogens is 1. The number of thioether (sulfide) groups is 1. The van der Waals surface area contributed by atoms with E-state index in [1.165, 1.54) is 25.7 Å². The Morgan fingerprint density at radius 1 is 1.67 bits per heavy atom. The first kappa shape index (κ1) is 13.2. The first-order valence-electron chi connectivity index (χ1n) is 6.05. The van der Waals surface area contributed by atoms with Crippen LogP contribution in [0.25, 0.3) is 0 Å². The lowest BCUT2D eigenvalue weighted by Crippen LogP contribution is -2.27. The van der Waals surface area contributed by atoms with E-state index in [0.717, 1.165) is 12.2 Å². The van der Waals surface area contributed by atoms with Crippen LogP contribution in [0.15, 0.2) is 18.3 Å². The van der Waals surface area contributed by atoms with Crippen LogP contribution in [0.5, 0.6) is 0 Å². The number of nitrogens with one attached hydrogen (secondary N) is 1. The summed E-state index contributed by atoms with van der Waals surface area (Å²) in [6, 6.07) is 3.60. The maximum Gasteiger partial charge on any atom is 0.356 e. The summed E-state index contributed by atoms with van der Waals surface area (Å²) >= 11 is 2.01.